The average Bonchev–Trinajstić information content (AvgIpc) is 2.12. The zero-order valence-corrected chi connectivity index (χ0v) is 8.59. The quantitative estimate of drug-likeness (QED) is 0.683. The lowest BCUT2D eigenvalue weighted by molar-refractivity contribution is 0.697. The van der Waals surface area contributed by atoms with E-state index in [1.54, 1.807) is 0 Å². The predicted octanol–water partition coefficient (Wildman–Crippen LogP) is 2.30. The van der Waals surface area contributed by atoms with Crippen molar-refractivity contribution in [1.82, 2.24) is 0 Å². The maximum atomic E-state index is 5.94. The van der Waals surface area contributed by atoms with Gasteiger partial charge in [-0.05, 0) is 37.0 Å². The SMILES string of the molecule is CC[C@@H](N)c1cc(C)c(N)c(C)c1. The molecule has 0 aliphatic heterocycles. The van der Waals surface area contributed by atoms with E-state index < -0.39 is 0 Å². The van der Waals surface area contributed by atoms with Gasteiger partial charge in [0.25, 0.3) is 0 Å². The molecule has 2 heteroatoms. The van der Waals surface area contributed by atoms with Crippen molar-refractivity contribution < 1.29 is 0 Å². The third-order valence-electron chi connectivity index (χ3n) is 2.48. The fourth-order valence-corrected chi connectivity index (χ4v) is 1.46. The molecule has 0 aliphatic rings. The van der Waals surface area contributed by atoms with Gasteiger partial charge < -0.3 is 11.5 Å². The predicted molar refractivity (Wildman–Crippen MR) is 57.5 cm³/mol. The van der Waals surface area contributed by atoms with Gasteiger partial charge in [0.15, 0.2) is 0 Å². The van der Waals surface area contributed by atoms with Crippen molar-refractivity contribution in [2.45, 2.75) is 33.2 Å². The van der Waals surface area contributed by atoms with E-state index in [2.05, 4.69) is 19.1 Å². The maximum Gasteiger partial charge on any atom is 0.0373 e. The molecule has 0 aliphatic carbocycles. The summed E-state index contributed by atoms with van der Waals surface area (Å²) in [6.07, 6.45) is 0.961. The second-order valence-electron chi connectivity index (χ2n) is 3.58. The lowest BCUT2D eigenvalue weighted by Gasteiger charge is -2.13. The molecule has 0 radical (unpaired) electrons. The fraction of sp³-hybridized carbons (Fsp3) is 0.455. The molecule has 0 amide bonds. The van der Waals surface area contributed by atoms with Crippen molar-refractivity contribution in [2.75, 3.05) is 5.73 Å². The average molecular weight is 178 g/mol. The van der Waals surface area contributed by atoms with Crippen LogP contribution in [0.25, 0.3) is 0 Å². The smallest absolute Gasteiger partial charge is 0.0373 e. The maximum absolute atomic E-state index is 5.94. The van der Waals surface area contributed by atoms with Crippen LogP contribution in [0.5, 0.6) is 0 Å². The number of benzene rings is 1. The third-order valence-corrected chi connectivity index (χ3v) is 2.48. The topological polar surface area (TPSA) is 52.0 Å². The van der Waals surface area contributed by atoms with E-state index in [9.17, 15) is 0 Å². The van der Waals surface area contributed by atoms with Crippen molar-refractivity contribution in [2.24, 2.45) is 5.73 Å². The van der Waals surface area contributed by atoms with Crippen LogP contribution in [0.15, 0.2) is 12.1 Å². The highest BCUT2D eigenvalue weighted by Crippen LogP contribution is 2.22. The van der Waals surface area contributed by atoms with Gasteiger partial charge in [-0.2, -0.15) is 0 Å². The molecule has 2 nitrogen and oxygen atoms in total. The Labute approximate surface area is 79.9 Å². The lowest BCUT2D eigenvalue weighted by atomic mass is 9.99. The molecule has 0 saturated heterocycles. The van der Waals surface area contributed by atoms with Crippen molar-refractivity contribution >= 4 is 5.69 Å². The van der Waals surface area contributed by atoms with Gasteiger partial charge in [-0.1, -0.05) is 19.1 Å². The van der Waals surface area contributed by atoms with Crippen molar-refractivity contribution in [1.29, 1.82) is 0 Å². The van der Waals surface area contributed by atoms with Gasteiger partial charge in [0.1, 0.15) is 0 Å². The second-order valence-corrected chi connectivity index (χ2v) is 3.58. The second kappa shape index (κ2) is 3.79. The Morgan fingerprint density at radius 2 is 1.69 bits per heavy atom. The third kappa shape index (κ3) is 2.01. The number of hydrogen-bond donors (Lipinski definition) is 2. The molecule has 0 saturated carbocycles. The Morgan fingerprint density at radius 3 is 2.08 bits per heavy atom. The molecule has 13 heavy (non-hydrogen) atoms. The first kappa shape index (κ1) is 10.1. The van der Waals surface area contributed by atoms with E-state index in [0.29, 0.717) is 0 Å². The Bertz CT molecular complexity index is 282. The fourth-order valence-electron chi connectivity index (χ4n) is 1.46. The van der Waals surface area contributed by atoms with E-state index in [-0.39, 0.29) is 6.04 Å². The summed E-state index contributed by atoms with van der Waals surface area (Å²) in [6, 6.07) is 4.30. The van der Waals surface area contributed by atoms with E-state index in [1.807, 2.05) is 13.8 Å². The van der Waals surface area contributed by atoms with Gasteiger partial charge in [0.05, 0.1) is 0 Å². The number of nitrogen functional groups attached to an aromatic ring is 1. The Balaban J connectivity index is 3.13. The number of rotatable bonds is 2. The van der Waals surface area contributed by atoms with E-state index >= 15 is 0 Å². The summed E-state index contributed by atoms with van der Waals surface area (Å²) in [5.41, 5.74) is 16.1. The molecule has 0 unspecified atom stereocenters. The first-order valence-corrected chi connectivity index (χ1v) is 4.68. The molecule has 0 bridgehead atoms. The minimum Gasteiger partial charge on any atom is -0.398 e. The minimum absolute atomic E-state index is 0.137. The minimum atomic E-state index is 0.137. The van der Waals surface area contributed by atoms with Crippen LogP contribution >= 0.6 is 0 Å². The van der Waals surface area contributed by atoms with Gasteiger partial charge in [-0.25, -0.2) is 0 Å². The molecular weight excluding hydrogens is 160 g/mol. The van der Waals surface area contributed by atoms with E-state index in [0.717, 1.165) is 23.2 Å². The molecule has 0 heterocycles. The summed E-state index contributed by atoms with van der Waals surface area (Å²) in [5.74, 6) is 0. The summed E-state index contributed by atoms with van der Waals surface area (Å²) < 4.78 is 0. The zero-order chi connectivity index (χ0) is 10.0. The van der Waals surface area contributed by atoms with Crippen molar-refractivity contribution in [3.05, 3.63) is 28.8 Å². The number of nitrogens with two attached hydrogens (primary N) is 2. The van der Waals surface area contributed by atoms with Crippen LogP contribution in [0, 0.1) is 13.8 Å². The molecule has 0 fully saturated rings. The van der Waals surface area contributed by atoms with Crippen LogP contribution in [-0.4, -0.2) is 0 Å². The summed E-state index contributed by atoms with van der Waals surface area (Å²) in [5, 5.41) is 0. The van der Waals surface area contributed by atoms with E-state index in [4.69, 9.17) is 11.5 Å². The normalized spacial score (nSPS) is 12.9. The first-order valence-electron chi connectivity index (χ1n) is 4.68. The van der Waals surface area contributed by atoms with E-state index in [1.165, 1.54) is 5.56 Å². The highest BCUT2D eigenvalue weighted by molar-refractivity contribution is 5.54. The Kier molecular flexibility index (Phi) is 2.94. The number of aryl methyl sites for hydroxylation is 2. The first-order chi connectivity index (χ1) is 6.06. The van der Waals surface area contributed by atoms with Crippen molar-refractivity contribution in [3.63, 3.8) is 0 Å². The van der Waals surface area contributed by atoms with Crippen LogP contribution < -0.4 is 11.5 Å². The summed E-state index contributed by atoms with van der Waals surface area (Å²) >= 11 is 0. The lowest BCUT2D eigenvalue weighted by Crippen LogP contribution is -2.09. The van der Waals surface area contributed by atoms with Crippen LogP contribution in [0.4, 0.5) is 5.69 Å². The van der Waals surface area contributed by atoms with Gasteiger partial charge >= 0.3 is 0 Å². The largest absolute Gasteiger partial charge is 0.398 e. The molecule has 0 aromatic heterocycles. The molecule has 1 rings (SSSR count). The van der Waals surface area contributed by atoms with Crippen molar-refractivity contribution in [3.8, 4) is 0 Å². The molecule has 4 N–H and O–H groups in total. The Morgan fingerprint density at radius 1 is 1.23 bits per heavy atom. The standard InChI is InChI=1S/C11H18N2/c1-4-10(12)9-5-7(2)11(13)8(3)6-9/h5-6,10H,4,12-13H2,1-3H3/t10-/m1/s1. The molecule has 72 valence electrons. The number of hydrogen-bond acceptors (Lipinski definition) is 2. The van der Waals surface area contributed by atoms with Crippen LogP contribution in [-0.2, 0) is 0 Å². The van der Waals surface area contributed by atoms with Gasteiger partial charge in [0.2, 0.25) is 0 Å². The summed E-state index contributed by atoms with van der Waals surface area (Å²) in [7, 11) is 0. The molecule has 1 aromatic carbocycles. The number of anilines is 1. The van der Waals surface area contributed by atoms with Gasteiger partial charge in [-0.3, -0.25) is 0 Å². The van der Waals surface area contributed by atoms with Crippen LogP contribution in [0.1, 0.15) is 36.1 Å². The van der Waals surface area contributed by atoms with Gasteiger partial charge in [-0.15, -0.1) is 0 Å². The molecule has 1 atom stereocenters. The van der Waals surface area contributed by atoms with Gasteiger partial charge in [0, 0.05) is 11.7 Å². The molecule has 0 spiro atoms. The summed E-state index contributed by atoms with van der Waals surface area (Å²) in [6.45, 7) is 6.13. The Hall–Kier alpha value is -1.02. The highest BCUT2D eigenvalue weighted by atomic mass is 14.6. The molecular formula is C11H18N2. The monoisotopic (exact) mass is 178 g/mol. The van der Waals surface area contributed by atoms with Crippen LogP contribution in [0.3, 0.4) is 0 Å². The highest BCUT2D eigenvalue weighted by Gasteiger charge is 2.06. The zero-order valence-electron chi connectivity index (χ0n) is 8.59. The summed E-state index contributed by atoms with van der Waals surface area (Å²) in [4.78, 5) is 0. The van der Waals surface area contributed by atoms with Crippen LogP contribution in [0.2, 0.25) is 0 Å². The molecule has 1 aromatic rings.